The minimum absolute atomic E-state index is 0.0622. The van der Waals surface area contributed by atoms with Gasteiger partial charge < -0.3 is 10.2 Å². The molecule has 1 aromatic rings. The lowest BCUT2D eigenvalue weighted by Gasteiger charge is -2.31. The Hall–Kier alpha value is -1.44. The Morgan fingerprint density at radius 3 is 2.39 bits per heavy atom. The van der Waals surface area contributed by atoms with Gasteiger partial charge in [-0.15, -0.1) is 0 Å². The number of piperazine rings is 1. The van der Waals surface area contributed by atoms with Crippen molar-refractivity contribution in [3.05, 3.63) is 34.9 Å². The summed E-state index contributed by atoms with van der Waals surface area (Å²) in [4.78, 5) is 14.2. The lowest BCUT2D eigenvalue weighted by molar-refractivity contribution is 0.0956. The molecule has 7 heteroatoms. The van der Waals surface area contributed by atoms with Crippen molar-refractivity contribution in [2.75, 3.05) is 45.5 Å². The average molecular weight is 339 g/mol. The van der Waals surface area contributed by atoms with Gasteiger partial charge in [-0.05, 0) is 44.2 Å². The van der Waals surface area contributed by atoms with E-state index in [1.165, 1.54) is 4.31 Å². The van der Waals surface area contributed by atoms with Crippen molar-refractivity contribution in [2.24, 2.45) is 0 Å². The molecular formula is C16H25N3O3S. The summed E-state index contributed by atoms with van der Waals surface area (Å²) in [6.07, 6.45) is 0. The molecule has 23 heavy (non-hydrogen) atoms. The normalized spacial score (nSPS) is 17.2. The van der Waals surface area contributed by atoms with E-state index < -0.39 is 10.0 Å². The number of likely N-dealkylation sites (N-methyl/N-ethyl adjacent to an activating group) is 1. The number of hydrogen-bond donors (Lipinski definition) is 1. The van der Waals surface area contributed by atoms with Crippen molar-refractivity contribution in [3.8, 4) is 0 Å². The second-order valence-corrected chi connectivity index (χ2v) is 8.16. The van der Waals surface area contributed by atoms with Crippen molar-refractivity contribution >= 4 is 15.9 Å². The number of hydrogen-bond acceptors (Lipinski definition) is 4. The van der Waals surface area contributed by atoms with Crippen LogP contribution in [-0.4, -0.2) is 69.1 Å². The zero-order chi connectivity index (χ0) is 17.0. The number of nitrogens with zero attached hydrogens (tertiary/aromatic N) is 2. The highest BCUT2D eigenvalue weighted by molar-refractivity contribution is 7.89. The maximum Gasteiger partial charge on any atom is 0.251 e. The molecule has 1 heterocycles. The van der Waals surface area contributed by atoms with Crippen molar-refractivity contribution < 1.29 is 13.2 Å². The van der Waals surface area contributed by atoms with Gasteiger partial charge in [0, 0.05) is 38.3 Å². The summed E-state index contributed by atoms with van der Waals surface area (Å²) in [6.45, 7) is 6.58. The van der Waals surface area contributed by atoms with Gasteiger partial charge in [0.25, 0.3) is 5.91 Å². The highest BCUT2D eigenvalue weighted by atomic mass is 32.2. The number of benzene rings is 1. The smallest absolute Gasteiger partial charge is 0.251 e. The van der Waals surface area contributed by atoms with Gasteiger partial charge in [-0.1, -0.05) is 6.07 Å². The molecule has 1 fully saturated rings. The maximum atomic E-state index is 12.3. The largest absolute Gasteiger partial charge is 0.351 e. The van der Waals surface area contributed by atoms with E-state index in [9.17, 15) is 13.2 Å². The average Bonchev–Trinajstić information content (AvgIpc) is 2.50. The standard InChI is InChI=1S/C16H25N3O3S/c1-13-4-5-15(12-14(13)2)16(20)17-6-11-23(21,22)19-9-7-18(3)8-10-19/h4-5,12H,6-11H2,1-3H3,(H,17,20). The molecule has 2 rings (SSSR count). The predicted molar refractivity (Wildman–Crippen MR) is 91.1 cm³/mol. The molecule has 0 unspecified atom stereocenters. The molecule has 0 saturated carbocycles. The molecule has 1 N–H and O–H groups in total. The summed E-state index contributed by atoms with van der Waals surface area (Å²) in [5.74, 6) is -0.297. The van der Waals surface area contributed by atoms with Crippen LogP contribution in [-0.2, 0) is 10.0 Å². The Balaban J connectivity index is 1.86. The van der Waals surface area contributed by atoms with Crippen molar-refractivity contribution in [2.45, 2.75) is 13.8 Å². The first-order valence-corrected chi connectivity index (χ1v) is 9.42. The van der Waals surface area contributed by atoms with E-state index >= 15 is 0 Å². The molecule has 1 amide bonds. The third kappa shape index (κ3) is 4.76. The fourth-order valence-electron chi connectivity index (χ4n) is 2.47. The molecule has 1 aromatic carbocycles. The number of aryl methyl sites for hydroxylation is 2. The molecule has 6 nitrogen and oxygen atoms in total. The molecule has 0 aromatic heterocycles. The van der Waals surface area contributed by atoms with E-state index in [0.717, 1.165) is 24.2 Å². The zero-order valence-electron chi connectivity index (χ0n) is 14.0. The van der Waals surface area contributed by atoms with Crippen LogP contribution in [0.4, 0.5) is 0 Å². The number of nitrogens with one attached hydrogen (secondary N) is 1. The Bertz CT molecular complexity index is 665. The van der Waals surface area contributed by atoms with E-state index in [4.69, 9.17) is 0 Å². The predicted octanol–water partition coefficient (Wildman–Crippen LogP) is 0.610. The third-order valence-corrected chi connectivity index (χ3v) is 6.14. The number of carbonyl (C=O) groups is 1. The fraction of sp³-hybridized carbons (Fsp3) is 0.562. The Morgan fingerprint density at radius 1 is 1.13 bits per heavy atom. The summed E-state index contributed by atoms with van der Waals surface area (Å²) in [5, 5.41) is 2.69. The molecular weight excluding hydrogens is 314 g/mol. The van der Waals surface area contributed by atoms with Crippen LogP contribution in [0.2, 0.25) is 0 Å². The summed E-state index contributed by atoms with van der Waals surface area (Å²) in [7, 11) is -1.33. The molecule has 1 aliphatic rings. The number of rotatable bonds is 5. The maximum absolute atomic E-state index is 12.3. The summed E-state index contributed by atoms with van der Waals surface area (Å²) in [6, 6.07) is 5.47. The lowest BCUT2D eigenvalue weighted by atomic mass is 10.1. The van der Waals surface area contributed by atoms with Crippen LogP contribution in [0.5, 0.6) is 0 Å². The van der Waals surface area contributed by atoms with Crippen LogP contribution in [0.25, 0.3) is 0 Å². The Kier molecular flexibility index (Phi) is 5.78. The second kappa shape index (κ2) is 7.42. The Labute approximate surface area is 138 Å². The molecule has 1 aliphatic heterocycles. The van der Waals surface area contributed by atoms with E-state index in [-0.39, 0.29) is 18.2 Å². The third-order valence-electron chi connectivity index (χ3n) is 4.27. The molecule has 0 atom stereocenters. The van der Waals surface area contributed by atoms with Gasteiger partial charge in [-0.3, -0.25) is 4.79 Å². The molecule has 0 aliphatic carbocycles. The summed E-state index contributed by atoms with van der Waals surface area (Å²) >= 11 is 0. The van der Waals surface area contributed by atoms with Crippen molar-refractivity contribution in [1.29, 1.82) is 0 Å². The van der Waals surface area contributed by atoms with Gasteiger partial charge in [0.05, 0.1) is 5.75 Å². The zero-order valence-corrected chi connectivity index (χ0v) is 14.8. The van der Waals surface area contributed by atoms with Crippen molar-refractivity contribution in [1.82, 2.24) is 14.5 Å². The van der Waals surface area contributed by atoms with E-state index in [0.29, 0.717) is 18.7 Å². The monoisotopic (exact) mass is 339 g/mol. The first-order valence-electron chi connectivity index (χ1n) is 7.81. The molecule has 128 valence electrons. The van der Waals surface area contributed by atoms with Crippen LogP contribution in [0.1, 0.15) is 21.5 Å². The SMILES string of the molecule is Cc1ccc(C(=O)NCCS(=O)(=O)N2CCN(C)CC2)cc1C. The van der Waals surface area contributed by atoms with E-state index in [1.54, 1.807) is 6.07 Å². The minimum Gasteiger partial charge on any atom is -0.351 e. The quantitative estimate of drug-likeness (QED) is 0.853. The van der Waals surface area contributed by atoms with Gasteiger partial charge in [0.15, 0.2) is 0 Å². The van der Waals surface area contributed by atoms with Gasteiger partial charge in [-0.2, -0.15) is 4.31 Å². The highest BCUT2D eigenvalue weighted by Gasteiger charge is 2.25. The number of carbonyl (C=O) groups excluding carboxylic acids is 1. The topological polar surface area (TPSA) is 69.7 Å². The van der Waals surface area contributed by atoms with Crippen LogP contribution in [0.15, 0.2) is 18.2 Å². The lowest BCUT2D eigenvalue weighted by Crippen LogP contribution is -2.48. The second-order valence-electron chi connectivity index (χ2n) is 6.07. The van der Waals surface area contributed by atoms with Gasteiger partial charge >= 0.3 is 0 Å². The molecule has 0 bridgehead atoms. The van der Waals surface area contributed by atoms with Crippen LogP contribution < -0.4 is 5.32 Å². The molecule has 1 saturated heterocycles. The van der Waals surface area contributed by atoms with Gasteiger partial charge in [-0.25, -0.2) is 8.42 Å². The summed E-state index contributed by atoms with van der Waals surface area (Å²) < 4.78 is 26.0. The van der Waals surface area contributed by atoms with E-state index in [2.05, 4.69) is 10.2 Å². The number of sulfonamides is 1. The first kappa shape index (κ1) is 17.9. The molecule has 0 spiro atoms. The number of amides is 1. The van der Waals surface area contributed by atoms with E-state index in [1.807, 2.05) is 33.0 Å². The first-order chi connectivity index (χ1) is 10.8. The van der Waals surface area contributed by atoms with Crippen LogP contribution in [0.3, 0.4) is 0 Å². The van der Waals surface area contributed by atoms with Gasteiger partial charge in [0.2, 0.25) is 10.0 Å². The van der Waals surface area contributed by atoms with Crippen LogP contribution in [0, 0.1) is 13.8 Å². The van der Waals surface area contributed by atoms with Crippen LogP contribution >= 0.6 is 0 Å². The molecule has 0 radical (unpaired) electrons. The van der Waals surface area contributed by atoms with Crippen molar-refractivity contribution in [3.63, 3.8) is 0 Å². The van der Waals surface area contributed by atoms with Gasteiger partial charge in [0.1, 0.15) is 0 Å². The fourth-order valence-corrected chi connectivity index (χ4v) is 3.81. The minimum atomic E-state index is -3.31. The summed E-state index contributed by atoms with van der Waals surface area (Å²) in [5.41, 5.74) is 2.73. The highest BCUT2D eigenvalue weighted by Crippen LogP contribution is 2.10. The Morgan fingerprint density at radius 2 is 1.78 bits per heavy atom.